The molecule has 0 bridgehead atoms. The number of ether oxygens (including phenoxy) is 1. The topological polar surface area (TPSA) is 72.7 Å². The molecule has 0 saturated heterocycles. The van der Waals surface area contributed by atoms with Crippen LogP contribution in [0.5, 0.6) is 5.75 Å². The van der Waals surface area contributed by atoms with E-state index in [1.54, 1.807) is 28.8 Å². The van der Waals surface area contributed by atoms with Crippen LogP contribution in [0.25, 0.3) is 5.65 Å². The lowest BCUT2D eigenvalue weighted by molar-refractivity contribution is 0.0792. The van der Waals surface area contributed by atoms with Crippen molar-refractivity contribution in [1.29, 1.82) is 0 Å². The Kier molecular flexibility index (Phi) is 3.08. The van der Waals surface area contributed by atoms with Gasteiger partial charge in [0.25, 0.3) is 5.91 Å². The highest BCUT2D eigenvalue weighted by atomic mass is 16.5. The number of Topliss-reactive ketones (excluding diaryl/α,β-unsaturated/α-hetero) is 1. The lowest BCUT2D eigenvalue weighted by Gasteiger charge is -2.24. The first-order valence-electron chi connectivity index (χ1n) is 7.23. The standard InChI is InChI=1S/C17H13N3O3/c21-16-11-5-1-2-6-14(11)23-10-12(16)19-17(22)13-9-18-15-7-3-4-8-20(13)15/h1-9,12H,10H2,(H,19,22)/t12-/m1/s1. The molecule has 1 amide bonds. The minimum absolute atomic E-state index is 0.123. The number of rotatable bonds is 2. The molecule has 1 atom stereocenters. The maximum absolute atomic E-state index is 12.5. The largest absolute Gasteiger partial charge is 0.490 e. The molecule has 2 aromatic heterocycles. The first-order valence-corrected chi connectivity index (χ1v) is 7.23. The minimum atomic E-state index is -0.702. The van der Waals surface area contributed by atoms with E-state index in [2.05, 4.69) is 10.3 Å². The van der Waals surface area contributed by atoms with Crippen molar-refractivity contribution in [2.24, 2.45) is 0 Å². The first kappa shape index (κ1) is 13.5. The molecule has 1 aromatic carbocycles. The van der Waals surface area contributed by atoms with Gasteiger partial charge in [-0.2, -0.15) is 0 Å². The number of nitrogens with zero attached hydrogens (tertiary/aromatic N) is 2. The molecule has 1 N–H and O–H groups in total. The number of imidazole rings is 1. The number of nitrogens with one attached hydrogen (secondary N) is 1. The van der Waals surface area contributed by atoms with E-state index in [0.717, 1.165) is 0 Å². The maximum atomic E-state index is 12.5. The molecule has 3 aromatic rings. The third kappa shape index (κ3) is 2.24. The molecular weight excluding hydrogens is 294 g/mol. The minimum Gasteiger partial charge on any atom is -0.490 e. The molecule has 4 rings (SSSR count). The van der Waals surface area contributed by atoms with Gasteiger partial charge in [-0.25, -0.2) is 4.98 Å². The van der Waals surface area contributed by atoms with E-state index in [-0.39, 0.29) is 18.3 Å². The van der Waals surface area contributed by atoms with Crippen LogP contribution in [0, 0.1) is 0 Å². The van der Waals surface area contributed by atoms with Gasteiger partial charge in [0.05, 0.1) is 11.8 Å². The molecule has 1 aliphatic rings. The van der Waals surface area contributed by atoms with Crippen molar-refractivity contribution in [1.82, 2.24) is 14.7 Å². The van der Waals surface area contributed by atoms with Gasteiger partial charge in [-0.3, -0.25) is 14.0 Å². The molecule has 0 saturated carbocycles. The van der Waals surface area contributed by atoms with Crippen LogP contribution >= 0.6 is 0 Å². The van der Waals surface area contributed by atoms with Crippen LogP contribution in [0.1, 0.15) is 20.8 Å². The van der Waals surface area contributed by atoms with E-state index in [1.807, 2.05) is 24.3 Å². The fourth-order valence-corrected chi connectivity index (χ4v) is 2.67. The highest BCUT2D eigenvalue weighted by Crippen LogP contribution is 2.24. The molecule has 1 aliphatic heterocycles. The van der Waals surface area contributed by atoms with Crippen LogP contribution in [0.15, 0.2) is 54.9 Å². The second kappa shape index (κ2) is 5.24. The van der Waals surface area contributed by atoms with Crippen LogP contribution in [0.3, 0.4) is 0 Å². The number of amides is 1. The van der Waals surface area contributed by atoms with E-state index < -0.39 is 6.04 Å². The molecule has 0 radical (unpaired) electrons. The van der Waals surface area contributed by atoms with E-state index in [9.17, 15) is 9.59 Å². The van der Waals surface area contributed by atoms with Crippen LogP contribution in [0.2, 0.25) is 0 Å². The van der Waals surface area contributed by atoms with Gasteiger partial charge in [0.1, 0.15) is 29.7 Å². The highest BCUT2D eigenvalue weighted by Gasteiger charge is 2.30. The summed E-state index contributed by atoms with van der Waals surface area (Å²) in [5.41, 5.74) is 1.55. The van der Waals surface area contributed by atoms with E-state index in [1.165, 1.54) is 6.20 Å². The zero-order chi connectivity index (χ0) is 15.8. The van der Waals surface area contributed by atoms with Gasteiger partial charge < -0.3 is 10.1 Å². The zero-order valence-corrected chi connectivity index (χ0v) is 12.1. The lowest BCUT2D eigenvalue weighted by atomic mass is 10.0. The normalized spacial score (nSPS) is 16.7. The average molecular weight is 307 g/mol. The zero-order valence-electron chi connectivity index (χ0n) is 12.1. The Hall–Kier alpha value is -3.15. The number of para-hydroxylation sites is 1. The van der Waals surface area contributed by atoms with Gasteiger partial charge in [-0.15, -0.1) is 0 Å². The Morgan fingerprint density at radius 2 is 2.04 bits per heavy atom. The Bertz CT molecular complexity index is 916. The molecule has 0 spiro atoms. The summed E-state index contributed by atoms with van der Waals surface area (Å²) in [6.07, 6.45) is 3.25. The number of hydrogen-bond donors (Lipinski definition) is 1. The third-order valence-electron chi connectivity index (χ3n) is 3.83. The fraction of sp³-hybridized carbons (Fsp3) is 0.118. The van der Waals surface area contributed by atoms with E-state index in [4.69, 9.17) is 4.74 Å². The number of fused-ring (bicyclic) bond motifs is 2. The summed E-state index contributed by atoms with van der Waals surface area (Å²) in [6.45, 7) is 0.123. The second-order valence-electron chi connectivity index (χ2n) is 5.27. The van der Waals surface area contributed by atoms with Gasteiger partial charge in [0.15, 0.2) is 5.78 Å². The Morgan fingerprint density at radius 3 is 2.96 bits per heavy atom. The average Bonchev–Trinajstić information content (AvgIpc) is 3.02. The van der Waals surface area contributed by atoms with Gasteiger partial charge in [-0.1, -0.05) is 18.2 Å². The number of benzene rings is 1. The number of ketones is 1. The summed E-state index contributed by atoms with van der Waals surface area (Å²) >= 11 is 0. The van der Waals surface area contributed by atoms with E-state index >= 15 is 0 Å². The molecule has 6 nitrogen and oxygen atoms in total. The number of pyridine rings is 1. The summed E-state index contributed by atoms with van der Waals surface area (Å²) in [7, 11) is 0. The summed E-state index contributed by atoms with van der Waals surface area (Å²) in [5.74, 6) is 0.0526. The Morgan fingerprint density at radius 1 is 1.22 bits per heavy atom. The molecule has 6 heteroatoms. The van der Waals surface area contributed by atoms with Gasteiger partial charge in [-0.05, 0) is 24.3 Å². The van der Waals surface area contributed by atoms with Crippen molar-refractivity contribution >= 4 is 17.3 Å². The van der Waals surface area contributed by atoms with Crippen LogP contribution < -0.4 is 10.1 Å². The van der Waals surface area contributed by atoms with Crippen molar-refractivity contribution in [2.75, 3.05) is 6.61 Å². The van der Waals surface area contributed by atoms with Crippen LogP contribution in [-0.2, 0) is 0 Å². The highest BCUT2D eigenvalue weighted by molar-refractivity contribution is 6.06. The molecule has 3 heterocycles. The summed E-state index contributed by atoms with van der Waals surface area (Å²) in [5, 5.41) is 2.73. The Labute approximate surface area is 131 Å². The van der Waals surface area contributed by atoms with E-state index in [0.29, 0.717) is 22.7 Å². The van der Waals surface area contributed by atoms with Crippen molar-refractivity contribution < 1.29 is 14.3 Å². The molecule has 23 heavy (non-hydrogen) atoms. The summed E-state index contributed by atoms with van der Waals surface area (Å²) < 4.78 is 7.23. The smallest absolute Gasteiger partial charge is 0.270 e. The van der Waals surface area contributed by atoms with Crippen molar-refractivity contribution in [2.45, 2.75) is 6.04 Å². The number of hydrogen-bond acceptors (Lipinski definition) is 4. The van der Waals surface area contributed by atoms with Gasteiger partial charge >= 0.3 is 0 Å². The second-order valence-corrected chi connectivity index (χ2v) is 5.27. The van der Waals surface area contributed by atoms with Crippen molar-refractivity contribution in [3.8, 4) is 5.75 Å². The maximum Gasteiger partial charge on any atom is 0.270 e. The SMILES string of the molecule is O=C(N[C@@H]1COc2ccccc2C1=O)c1cnc2ccccn12. The first-order chi connectivity index (χ1) is 11.2. The molecule has 114 valence electrons. The molecule has 0 aliphatic carbocycles. The number of aromatic nitrogens is 2. The van der Waals surface area contributed by atoms with Crippen LogP contribution in [-0.4, -0.2) is 33.7 Å². The monoisotopic (exact) mass is 307 g/mol. The van der Waals surface area contributed by atoms with Crippen molar-refractivity contribution in [3.63, 3.8) is 0 Å². The fourth-order valence-electron chi connectivity index (χ4n) is 2.67. The predicted octanol–water partition coefficient (Wildman–Crippen LogP) is 1.71. The van der Waals surface area contributed by atoms with Crippen LogP contribution in [0.4, 0.5) is 0 Å². The molecule has 0 unspecified atom stereocenters. The van der Waals surface area contributed by atoms with Gasteiger partial charge in [0.2, 0.25) is 0 Å². The predicted molar refractivity (Wildman–Crippen MR) is 82.7 cm³/mol. The Balaban J connectivity index is 1.59. The summed E-state index contributed by atoms with van der Waals surface area (Å²) in [4.78, 5) is 29.1. The molecular formula is C17H13N3O3. The van der Waals surface area contributed by atoms with Gasteiger partial charge in [0, 0.05) is 6.20 Å². The number of carbonyl (C=O) groups is 2. The third-order valence-corrected chi connectivity index (χ3v) is 3.83. The molecule has 0 fully saturated rings. The summed E-state index contributed by atoms with van der Waals surface area (Å²) in [6, 6.07) is 11.8. The lowest BCUT2D eigenvalue weighted by Crippen LogP contribution is -2.47. The number of carbonyl (C=O) groups excluding carboxylic acids is 2. The van der Waals surface area contributed by atoms with Crippen molar-refractivity contribution in [3.05, 3.63) is 66.1 Å². The quantitative estimate of drug-likeness (QED) is 0.782.